The summed E-state index contributed by atoms with van der Waals surface area (Å²) in [5.41, 5.74) is 5.44. The maximum Gasteiger partial charge on any atom is 0.137 e. The standard InChI is InChI=1S/C12H19ClN2O/c1-15(8-4-7-14)9-10-16-12-6-3-2-5-11(12)13/h2-3,5-6H,4,7-10,14H2,1H3. The lowest BCUT2D eigenvalue weighted by Gasteiger charge is -2.16. The Morgan fingerprint density at radius 3 is 2.75 bits per heavy atom. The summed E-state index contributed by atoms with van der Waals surface area (Å²) in [5, 5.41) is 0.659. The van der Waals surface area contributed by atoms with Gasteiger partial charge in [-0.2, -0.15) is 0 Å². The Balaban J connectivity index is 2.23. The van der Waals surface area contributed by atoms with Crippen LogP contribution >= 0.6 is 11.6 Å². The van der Waals surface area contributed by atoms with Crippen molar-refractivity contribution in [2.24, 2.45) is 5.73 Å². The lowest BCUT2D eigenvalue weighted by atomic mass is 10.3. The van der Waals surface area contributed by atoms with Gasteiger partial charge in [0.15, 0.2) is 0 Å². The minimum Gasteiger partial charge on any atom is -0.491 e. The molecule has 0 aliphatic heterocycles. The van der Waals surface area contributed by atoms with E-state index in [1.54, 1.807) is 0 Å². The molecule has 1 rings (SSSR count). The van der Waals surface area contributed by atoms with Gasteiger partial charge in [-0.3, -0.25) is 0 Å². The van der Waals surface area contributed by atoms with Crippen LogP contribution in [0.5, 0.6) is 5.75 Å². The van der Waals surface area contributed by atoms with Crippen molar-refractivity contribution in [3.05, 3.63) is 29.3 Å². The molecule has 1 aromatic carbocycles. The Labute approximate surface area is 102 Å². The van der Waals surface area contributed by atoms with Crippen molar-refractivity contribution in [3.8, 4) is 5.75 Å². The number of likely N-dealkylation sites (N-methyl/N-ethyl adjacent to an activating group) is 1. The summed E-state index contributed by atoms with van der Waals surface area (Å²) in [6.45, 7) is 3.26. The van der Waals surface area contributed by atoms with Gasteiger partial charge in [0.05, 0.1) is 5.02 Å². The van der Waals surface area contributed by atoms with Gasteiger partial charge in [0.25, 0.3) is 0 Å². The van der Waals surface area contributed by atoms with E-state index in [2.05, 4.69) is 11.9 Å². The lowest BCUT2D eigenvalue weighted by Crippen LogP contribution is -2.26. The molecule has 4 heteroatoms. The maximum atomic E-state index is 5.97. The quantitative estimate of drug-likeness (QED) is 0.795. The van der Waals surface area contributed by atoms with Crippen LogP contribution in [0.25, 0.3) is 0 Å². The summed E-state index contributed by atoms with van der Waals surface area (Å²) in [6.07, 6.45) is 1.02. The van der Waals surface area contributed by atoms with Crippen LogP contribution < -0.4 is 10.5 Å². The summed E-state index contributed by atoms with van der Waals surface area (Å²) in [7, 11) is 2.06. The van der Waals surface area contributed by atoms with Gasteiger partial charge in [0.1, 0.15) is 12.4 Å². The highest BCUT2D eigenvalue weighted by atomic mass is 35.5. The van der Waals surface area contributed by atoms with Crippen molar-refractivity contribution in [2.45, 2.75) is 6.42 Å². The van der Waals surface area contributed by atoms with Crippen LogP contribution in [0.3, 0.4) is 0 Å². The van der Waals surface area contributed by atoms with Gasteiger partial charge in [0.2, 0.25) is 0 Å². The van der Waals surface area contributed by atoms with E-state index in [1.165, 1.54) is 0 Å². The third-order valence-corrected chi connectivity index (χ3v) is 2.62. The monoisotopic (exact) mass is 242 g/mol. The fourth-order valence-electron chi connectivity index (χ4n) is 1.35. The molecule has 0 amide bonds. The number of benzene rings is 1. The predicted molar refractivity (Wildman–Crippen MR) is 68.1 cm³/mol. The molecule has 0 spiro atoms. The highest BCUT2D eigenvalue weighted by Gasteiger charge is 2.01. The Morgan fingerprint density at radius 1 is 1.31 bits per heavy atom. The molecule has 2 N–H and O–H groups in total. The van der Waals surface area contributed by atoms with Crippen LogP contribution in [0.15, 0.2) is 24.3 Å². The number of para-hydroxylation sites is 1. The number of hydrogen-bond donors (Lipinski definition) is 1. The van der Waals surface area contributed by atoms with Gasteiger partial charge < -0.3 is 15.4 Å². The number of halogens is 1. The zero-order valence-electron chi connectivity index (χ0n) is 9.66. The molecule has 0 saturated carbocycles. The molecule has 3 nitrogen and oxygen atoms in total. The summed E-state index contributed by atoms with van der Waals surface area (Å²) in [4.78, 5) is 2.20. The summed E-state index contributed by atoms with van der Waals surface area (Å²) in [5.74, 6) is 0.747. The van der Waals surface area contributed by atoms with Gasteiger partial charge in [-0.25, -0.2) is 0 Å². The van der Waals surface area contributed by atoms with E-state index in [0.29, 0.717) is 11.6 Å². The summed E-state index contributed by atoms with van der Waals surface area (Å²) in [6, 6.07) is 7.51. The molecule has 0 aromatic heterocycles. The largest absolute Gasteiger partial charge is 0.491 e. The third kappa shape index (κ3) is 4.84. The van der Waals surface area contributed by atoms with E-state index in [1.807, 2.05) is 24.3 Å². The van der Waals surface area contributed by atoms with Crippen molar-refractivity contribution in [1.29, 1.82) is 0 Å². The molecule has 16 heavy (non-hydrogen) atoms. The highest BCUT2D eigenvalue weighted by molar-refractivity contribution is 6.32. The first kappa shape index (κ1) is 13.3. The third-order valence-electron chi connectivity index (χ3n) is 2.31. The number of hydrogen-bond acceptors (Lipinski definition) is 3. The number of nitrogens with two attached hydrogens (primary N) is 1. The van der Waals surface area contributed by atoms with E-state index < -0.39 is 0 Å². The Kier molecular flexibility index (Phi) is 6.23. The Hall–Kier alpha value is -0.770. The average molecular weight is 243 g/mol. The van der Waals surface area contributed by atoms with Crippen LogP contribution in [-0.2, 0) is 0 Å². The second kappa shape index (κ2) is 7.49. The van der Waals surface area contributed by atoms with E-state index in [4.69, 9.17) is 22.1 Å². The van der Waals surface area contributed by atoms with Crippen molar-refractivity contribution >= 4 is 11.6 Å². The molecular weight excluding hydrogens is 224 g/mol. The smallest absolute Gasteiger partial charge is 0.137 e. The molecule has 0 radical (unpaired) electrons. The van der Waals surface area contributed by atoms with E-state index >= 15 is 0 Å². The number of ether oxygens (including phenoxy) is 1. The van der Waals surface area contributed by atoms with Crippen LogP contribution in [-0.4, -0.2) is 38.2 Å². The first-order chi connectivity index (χ1) is 7.74. The molecule has 0 fully saturated rings. The van der Waals surface area contributed by atoms with Crippen LogP contribution in [0.2, 0.25) is 5.02 Å². The van der Waals surface area contributed by atoms with Crippen LogP contribution in [0, 0.1) is 0 Å². The van der Waals surface area contributed by atoms with Gasteiger partial charge >= 0.3 is 0 Å². The lowest BCUT2D eigenvalue weighted by molar-refractivity contribution is 0.237. The van der Waals surface area contributed by atoms with E-state index in [0.717, 1.165) is 31.8 Å². The molecule has 0 aliphatic rings. The molecule has 0 aliphatic carbocycles. The zero-order valence-corrected chi connectivity index (χ0v) is 10.4. The Morgan fingerprint density at radius 2 is 2.06 bits per heavy atom. The molecule has 0 unspecified atom stereocenters. The zero-order chi connectivity index (χ0) is 11.8. The topological polar surface area (TPSA) is 38.5 Å². The minimum absolute atomic E-state index is 0.644. The molecule has 0 atom stereocenters. The average Bonchev–Trinajstić information content (AvgIpc) is 2.29. The molecule has 1 aromatic rings. The molecule has 0 saturated heterocycles. The normalized spacial score (nSPS) is 10.8. The summed E-state index contributed by atoms with van der Waals surface area (Å²) >= 11 is 5.97. The van der Waals surface area contributed by atoms with Crippen LogP contribution in [0.4, 0.5) is 0 Å². The van der Waals surface area contributed by atoms with Gasteiger partial charge in [-0.15, -0.1) is 0 Å². The molecular formula is C12H19ClN2O. The predicted octanol–water partition coefficient (Wildman–Crippen LogP) is 2.00. The van der Waals surface area contributed by atoms with Crippen LogP contribution in [0.1, 0.15) is 6.42 Å². The van der Waals surface area contributed by atoms with Gasteiger partial charge in [-0.05, 0) is 38.7 Å². The van der Waals surface area contributed by atoms with Crippen molar-refractivity contribution < 1.29 is 4.74 Å². The maximum absolute atomic E-state index is 5.97. The number of nitrogens with zero attached hydrogens (tertiary/aromatic N) is 1. The number of rotatable bonds is 7. The van der Waals surface area contributed by atoms with Crippen molar-refractivity contribution in [1.82, 2.24) is 4.90 Å². The van der Waals surface area contributed by atoms with E-state index in [9.17, 15) is 0 Å². The molecule has 0 bridgehead atoms. The highest BCUT2D eigenvalue weighted by Crippen LogP contribution is 2.22. The van der Waals surface area contributed by atoms with Crippen molar-refractivity contribution in [2.75, 3.05) is 33.3 Å². The molecule has 0 heterocycles. The van der Waals surface area contributed by atoms with Gasteiger partial charge in [0, 0.05) is 6.54 Å². The van der Waals surface area contributed by atoms with E-state index in [-0.39, 0.29) is 0 Å². The Bertz CT molecular complexity index is 307. The first-order valence-electron chi connectivity index (χ1n) is 5.50. The molecule has 90 valence electrons. The SMILES string of the molecule is CN(CCCN)CCOc1ccccc1Cl. The van der Waals surface area contributed by atoms with Crippen molar-refractivity contribution in [3.63, 3.8) is 0 Å². The minimum atomic E-state index is 0.644. The second-order valence-electron chi connectivity index (χ2n) is 3.72. The fraction of sp³-hybridized carbons (Fsp3) is 0.500. The first-order valence-corrected chi connectivity index (χ1v) is 5.88. The second-order valence-corrected chi connectivity index (χ2v) is 4.13. The van der Waals surface area contributed by atoms with Gasteiger partial charge in [-0.1, -0.05) is 23.7 Å². The summed E-state index contributed by atoms with van der Waals surface area (Å²) < 4.78 is 5.58. The fourth-order valence-corrected chi connectivity index (χ4v) is 1.54.